The molecule has 0 bridgehead atoms. The molecule has 1 heterocycles. The molecule has 0 saturated heterocycles. The van der Waals surface area contributed by atoms with Gasteiger partial charge in [-0.2, -0.15) is 0 Å². The van der Waals surface area contributed by atoms with E-state index in [1.165, 1.54) is 24.3 Å². The van der Waals surface area contributed by atoms with Gasteiger partial charge in [-0.1, -0.05) is 77.4 Å². The number of sulfone groups is 1. The molecule has 6 nitrogen and oxygen atoms in total. The smallest absolute Gasteiger partial charge is 0.268 e. The van der Waals surface area contributed by atoms with Crippen LogP contribution in [0.4, 0.5) is 0 Å². The Morgan fingerprint density at radius 2 is 1.40 bits per heavy atom. The molecule has 0 radical (unpaired) electrons. The molecule has 1 unspecified atom stereocenters. The summed E-state index contributed by atoms with van der Waals surface area (Å²) in [6.07, 6.45) is 0. The van der Waals surface area contributed by atoms with Gasteiger partial charge in [-0.3, -0.25) is 4.79 Å². The molecule has 1 aliphatic rings. The van der Waals surface area contributed by atoms with Gasteiger partial charge in [-0.25, -0.2) is 8.42 Å². The average molecular weight is 441 g/mol. The SMILES string of the molecule is NC(=O)C1=NOC(c2ccccc2)(c2ccccc2)C1S(=O)(=O)c1ccc(Cl)cc1. The number of hydrogen-bond donors (Lipinski definition) is 1. The summed E-state index contributed by atoms with van der Waals surface area (Å²) in [5.41, 5.74) is 4.63. The zero-order valence-corrected chi connectivity index (χ0v) is 17.2. The van der Waals surface area contributed by atoms with Crippen LogP contribution in [0.3, 0.4) is 0 Å². The number of amides is 1. The van der Waals surface area contributed by atoms with Crippen molar-refractivity contribution >= 4 is 33.1 Å². The van der Waals surface area contributed by atoms with E-state index in [1.54, 1.807) is 60.7 Å². The van der Waals surface area contributed by atoms with E-state index >= 15 is 0 Å². The molecule has 2 N–H and O–H groups in total. The molecule has 0 fully saturated rings. The van der Waals surface area contributed by atoms with Gasteiger partial charge in [0, 0.05) is 16.1 Å². The number of primary amides is 1. The summed E-state index contributed by atoms with van der Waals surface area (Å²) in [5.74, 6) is -0.966. The quantitative estimate of drug-likeness (QED) is 0.658. The summed E-state index contributed by atoms with van der Waals surface area (Å²) in [4.78, 5) is 18.0. The summed E-state index contributed by atoms with van der Waals surface area (Å²) in [5, 5.41) is 2.76. The van der Waals surface area contributed by atoms with Gasteiger partial charge in [0.15, 0.2) is 20.8 Å². The first-order valence-corrected chi connectivity index (χ1v) is 11.0. The van der Waals surface area contributed by atoms with Gasteiger partial charge in [-0.05, 0) is 24.3 Å². The summed E-state index contributed by atoms with van der Waals surface area (Å²) >= 11 is 5.93. The molecule has 0 spiro atoms. The second-order valence-corrected chi connectivity index (χ2v) is 9.25. The van der Waals surface area contributed by atoms with Crippen LogP contribution in [0.2, 0.25) is 5.02 Å². The Morgan fingerprint density at radius 3 is 1.87 bits per heavy atom. The van der Waals surface area contributed by atoms with E-state index in [4.69, 9.17) is 22.2 Å². The third kappa shape index (κ3) is 3.16. The van der Waals surface area contributed by atoms with E-state index in [1.807, 2.05) is 0 Å². The van der Waals surface area contributed by atoms with Crippen LogP contribution in [-0.4, -0.2) is 25.3 Å². The number of carbonyl (C=O) groups is 1. The molecule has 0 aromatic heterocycles. The molecule has 30 heavy (non-hydrogen) atoms. The fourth-order valence-corrected chi connectivity index (χ4v) is 5.77. The molecule has 4 rings (SSSR count). The molecular formula is C22H17ClN2O4S. The van der Waals surface area contributed by atoms with E-state index in [2.05, 4.69) is 5.16 Å². The van der Waals surface area contributed by atoms with Crippen LogP contribution in [0.15, 0.2) is 95.0 Å². The Kier molecular flexibility index (Phi) is 5.09. The van der Waals surface area contributed by atoms with Crippen LogP contribution in [-0.2, 0) is 25.1 Å². The number of carbonyl (C=O) groups excluding carboxylic acids is 1. The Hall–Kier alpha value is -3.16. The van der Waals surface area contributed by atoms with E-state index in [9.17, 15) is 13.2 Å². The van der Waals surface area contributed by atoms with Crippen LogP contribution in [0.25, 0.3) is 0 Å². The highest BCUT2D eigenvalue weighted by Crippen LogP contribution is 2.46. The minimum atomic E-state index is -4.17. The summed E-state index contributed by atoms with van der Waals surface area (Å²) in [6.45, 7) is 0. The lowest BCUT2D eigenvalue weighted by atomic mass is 9.82. The number of benzene rings is 3. The molecule has 1 atom stereocenters. The predicted molar refractivity (Wildman–Crippen MR) is 114 cm³/mol. The van der Waals surface area contributed by atoms with Gasteiger partial charge < -0.3 is 10.6 Å². The monoisotopic (exact) mass is 440 g/mol. The van der Waals surface area contributed by atoms with Gasteiger partial charge in [-0.15, -0.1) is 0 Å². The first kappa shape index (κ1) is 20.1. The van der Waals surface area contributed by atoms with Gasteiger partial charge >= 0.3 is 0 Å². The van der Waals surface area contributed by atoms with Gasteiger partial charge in [0.05, 0.1) is 4.90 Å². The fraction of sp³-hybridized carbons (Fsp3) is 0.0909. The highest BCUT2D eigenvalue weighted by Gasteiger charge is 2.59. The predicted octanol–water partition coefficient (Wildman–Crippen LogP) is 3.30. The van der Waals surface area contributed by atoms with Crippen LogP contribution in [0.5, 0.6) is 0 Å². The average Bonchev–Trinajstić information content (AvgIpc) is 3.18. The van der Waals surface area contributed by atoms with Crippen molar-refractivity contribution in [2.24, 2.45) is 10.9 Å². The minimum absolute atomic E-state index is 0.0208. The largest absolute Gasteiger partial charge is 0.377 e. The highest BCUT2D eigenvalue weighted by molar-refractivity contribution is 7.93. The third-order valence-electron chi connectivity index (χ3n) is 5.02. The molecular weight excluding hydrogens is 424 g/mol. The van der Waals surface area contributed by atoms with E-state index < -0.39 is 26.6 Å². The van der Waals surface area contributed by atoms with Crippen molar-refractivity contribution in [1.82, 2.24) is 0 Å². The first-order valence-electron chi connectivity index (χ1n) is 9.04. The van der Waals surface area contributed by atoms with Crippen LogP contribution in [0, 0.1) is 0 Å². The summed E-state index contributed by atoms with van der Waals surface area (Å²) < 4.78 is 27.6. The van der Waals surface area contributed by atoms with Crippen molar-refractivity contribution in [2.45, 2.75) is 15.7 Å². The summed E-state index contributed by atoms with van der Waals surface area (Å²) in [7, 11) is -4.17. The lowest BCUT2D eigenvalue weighted by molar-refractivity contribution is -0.112. The first-order chi connectivity index (χ1) is 14.4. The van der Waals surface area contributed by atoms with Crippen molar-refractivity contribution in [3.8, 4) is 0 Å². The van der Waals surface area contributed by atoms with E-state index in [0.717, 1.165) is 0 Å². The molecule has 3 aromatic carbocycles. The van der Waals surface area contributed by atoms with Gasteiger partial charge in [0.1, 0.15) is 0 Å². The van der Waals surface area contributed by atoms with Crippen molar-refractivity contribution < 1.29 is 18.0 Å². The number of oxime groups is 1. The maximum absolute atomic E-state index is 13.8. The molecule has 152 valence electrons. The molecule has 0 saturated carbocycles. The third-order valence-corrected chi connectivity index (χ3v) is 7.37. The number of halogens is 1. The Labute approximate surface area is 178 Å². The normalized spacial score (nSPS) is 17.8. The van der Waals surface area contributed by atoms with Crippen molar-refractivity contribution in [1.29, 1.82) is 0 Å². The lowest BCUT2D eigenvalue weighted by Gasteiger charge is -2.33. The number of nitrogens with zero attached hydrogens (tertiary/aromatic N) is 1. The standard InChI is InChI=1S/C22H17ClN2O4S/c23-17-11-13-18(14-12-17)30(27,28)20-19(21(24)26)25-29-22(20,15-7-3-1-4-8-15)16-9-5-2-6-10-16/h1-14,20H,(H2,24,26). The topological polar surface area (TPSA) is 98.8 Å². The number of rotatable bonds is 5. The van der Waals surface area contributed by atoms with Crippen LogP contribution in [0.1, 0.15) is 11.1 Å². The van der Waals surface area contributed by atoms with E-state index in [0.29, 0.717) is 16.1 Å². The minimum Gasteiger partial charge on any atom is -0.377 e. The van der Waals surface area contributed by atoms with Gasteiger partial charge in [0.25, 0.3) is 5.91 Å². The molecule has 1 aliphatic heterocycles. The Balaban J connectivity index is 2.02. The molecule has 1 amide bonds. The zero-order chi connectivity index (χ0) is 21.4. The molecule has 3 aromatic rings. The highest BCUT2D eigenvalue weighted by atomic mass is 35.5. The number of hydrogen-bond acceptors (Lipinski definition) is 5. The fourth-order valence-electron chi connectivity index (χ4n) is 3.66. The maximum Gasteiger partial charge on any atom is 0.268 e. The Bertz CT molecular complexity index is 1170. The Morgan fingerprint density at radius 1 is 0.900 bits per heavy atom. The molecule has 0 aliphatic carbocycles. The van der Waals surface area contributed by atoms with Crippen LogP contribution < -0.4 is 5.73 Å². The molecule has 8 heteroatoms. The zero-order valence-electron chi connectivity index (χ0n) is 15.6. The summed E-state index contributed by atoms with van der Waals surface area (Å²) in [6, 6.07) is 23.3. The maximum atomic E-state index is 13.8. The van der Waals surface area contributed by atoms with Crippen molar-refractivity contribution in [3.05, 3.63) is 101 Å². The van der Waals surface area contributed by atoms with Crippen LogP contribution >= 0.6 is 11.6 Å². The number of nitrogens with two attached hydrogens (primary N) is 1. The second-order valence-electron chi connectivity index (χ2n) is 6.78. The van der Waals surface area contributed by atoms with Gasteiger partial charge in [0.2, 0.25) is 5.60 Å². The van der Waals surface area contributed by atoms with E-state index in [-0.39, 0.29) is 10.6 Å². The van der Waals surface area contributed by atoms with Crippen molar-refractivity contribution in [2.75, 3.05) is 0 Å². The van der Waals surface area contributed by atoms with Crippen molar-refractivity contribution in [3.63, 3.8) is 0 Å². The lowest BCUT2D eigenvalue weighted by Crippen LogP contribution is -2.50. The second kappa shape index (κ2) is 7.59.